The first-order chi connectivity index (χ1) is 10.2. The van der Waals surface area contributed by atoms with Gasteiger partial charge in [-0.2, -0.15) is 0 Å². The molecular weight excluding hydrogens is 262 g/mol. The highest BCUT2D eigenvalue weighted by atomic mass is 16.5. The van der Waals surface area contributed by atoms with Gasteiger partial charge in [0.2, 0.25) is 0 Å². The zero-order valence-electron chi connectivity index (χ0n) is 13.0. The summed E-state index contributed by atoms with van der Waals surface area (Å²) in [7, 11) is 1.94. The maximum Gasteiger partial charge on any atom is 0.130 e. The van der Waals surface area contributed by atoms with Gasteiger partial charge in [-0.15, -0.1) is 0 Å². The van der Waals surface area contributed by atoms with Gasteiger partial charge < -0.3 is 10.1 Å². The van der Waals surface area contributed by atoms with Crippen LogP contribution in [-0.4, -0.2) is 42.2 Å². The van der Waals surface area contributed by atoms with Gasteiger partial charge in [0.05, 0.1) is 17.7 Å². The lowest BCUT2D eigenvalue weighted by Gasteiger charge is -2.35. The molecule has 0 amide bonds. The van der Waals surface area contributed by atoms with Crippen molar-refractivity contribution in [3.8, 4) is 0 Å². The van der Waals surface area contributed by atoms with E-state index in [1.54, 1.807) is 0 Å². The van der Waals surface area contributed by atoms with E-state index in [0.717, 1.165) is 31.0 Å². The molecule has 0 spiro atoms. The predicted molar refractivity (Wildman–Crippen MR) is 86.6 cm³/mol. The number of para-hydroxylation sites is 1. The number of morpholine rings is 1. The molecule has 1 aromatic carbocycles. The molecule has 112 valence electrons. The summed E-state index contributed by atoms with van der Waals surface area (Å²) in [4.78, 5) is 7.18. The zero-order chi connectivity index (χ0) is 14.8. The Morgan fingerprint density at radius 2 is 1.95 bits per heavy atom. The molecule has 1 aliphatic rings. The summed E-state index contributed by atoms with van der Waals surface area (Å²) < 4.78 is 5.81. The van der Waals surface area contributed by atoms with Crippen molar-refractivity contribution in [1.82, 2.24) is 9.88 Å². The van der Waals surface area contributed by atoms with Crippen LogP contribution in [0.2, 0.25) is 0 Å². The fourth-order valence-electron chi connectivity index (χ4n) is 3.15. The second-order valence-corrected chi connectivity index (χ2v) is 5.89. The summed E-state index contributed by atoms with van der Waals surface area (Å²) in [5, 5.41) is 4.43. The normalized spacial score (nSPS) is 23.4. The van der Waals surface area contributed by atoms with Gasteiger partial charge in [0.1, 0.15) is 5.82 Å². The van der Waals surface area contributed by atoms with Gasteiger partial charge in [-0.1, -0.05) is 18.2 Å². The maximum atomic E-state index is 5.81. The molecule has 1 saturated heterocycles. The highest BCUT2D eigenvalue weighted by Gasteiger charge is 2.23. The highest BCUT2D eigenvalue weighted by Crippen LogP contribution is 2.23. The molecule has 1 N–H and O–H groups in total. The Morgan fingerprint density at radius 1 is 1.24 bits per heavy atom. The molecule has 0 aliphatic carbocycles. The van der Waals surface area contributed by atoms with Crippen LogP contribution in [0.5, 0.6) is 0 Å². The Bertz CT molecular complexity index is 618. The van der Waals surface area contributed by atoms with Crippen LogP contribution in [0, 0.1) is 0 Å². The van der Waals surface area contributed by atoms with Crippen LogP contribution in [0.3, 0.4) is 0 Å². The van der Waals surface area contributed by atoms with Crippen molar-refractivity contribution in [3.63, 3.8) is 0 Å². The van der Waals surface area contributed by atoms with Crippen molar-refractivity contribution < 1.29 is 4.74 Å². The Labute approximate surface area is 126 Å². The van der Waals surface area contributed by atoms with E-state index in [1.807, 2.05) is 13.1 Å². The minimum absolute atomic E-state index is 0.292. The van der Waals surface area contributed by atoms with E-state index in [1.165, 1.54) is 10.9 Å². The summed E-state index contributed by atoms with van der Waals surface area (Å²) in [6.45, 7) is 7.13. The number of nitrogens with one attached hydrogen (secondary N) is 1. The highest BCUT2D eigenvalue weighted by molar-refractivity contribution is 5.81. The predicted octanol–water partition coefficient (Wildman–Crippen LogP) is 2.89. The average molecular weight is 285 g/mol. The van der Waals surface area contributed by atoms with E-state index in [0.29, 0.717) is 12.2 Å². The van der Waals surface area contributed by atoms with Crippen molar-refractivity contribution in [2.75, 3.05) is 25.5 Å². The minimum Gasteiger partial charge on any atom is -0.373 e. The van der Waals surface area contributed by atoms with Crippen LogP contribution in [0.15, 0.2) is 30.3 Å². The molecule has 1 aliphatic heterocycles. The minimum atomic E-state index is 0.292. The van der Waals surface area contributed by atoms with Crippen LogP contribution in [0.1, 0.15) is 19.4 Å². The number of rotatable bonds is 3. The van der Waals surface area contributed by atoms with Crippen molar-refractivity contribution in [3.05, 3.63) is 35.9 Å². The third kappa shape index (κ3) is 3.17. The van der Waals surface area contributed by atoms with Crippen LogP contribution in [-0.2, 0) is 11.3 Å². The summed E-state index contributed by atoms with van der Waals surface area (Å²) >= 11 is 0. The number of aromatic nitrogens is 1. The van der Waals surface area contributed by atoms with E-state index >= 15 is 0 Å². The van der Waals surface area contributed by atoms with Gasteiger partial charge >= 0.3 is 0 Å². The van der Waals surface area contributed by atoms with Gasteiger partial charge in [-0.05, 0) is 26.0 Å². The molecule has 2 aromatic rings. The molecule has 1 aromatic heterocycles. The molecule has 4 heteroatoms. The molecule has 0 bridgehead atoms. The third-order valence-corrected chi connectivity index (χ3v) is 3.93. The van der Waals surface area contributed by atoms with Crippen LogP contribution < -0.4 is 5.32 Å². The summed E-state index contributed by atoms with van der Waals surface area (Å²) in [5.41, 5.74) is 2.28. The average Bonchev–Trinajstić information content (AvgIpc) is 2.45. The Morgan fingerprint density at radius 3 is 2.67 bits per heavy atom. The standard InChI is InChI=1S/C17H23N3O/c1-12-9-20(10-13(2)21-12)11-15-8-14-6-4-5-7-16(14)19-17(15)18-3/h4-8,12-13H,9-11H2,1-3H3,(H,18,19). The van der Waals surface area contributed by atoms with E-state index < -0.39 is 0 Å². The second-order valence-electron chi connectivity index (χ2n) is 5.89. The van der Waals surface area contributed by atoms with Gasteiger partial charge in [0, 0.05) is 37.6 Å². The SMILES string of the molecule is CNc1nc2ccccc2cc1CN1CC(C)OC(C)C1. The number of pyridine rings is 1. The molecule has 0 saturated carbocycles. The number of hydrogen-bond donors (Lipinski definition) is 1. The van der Waals surface area contributed by atoms with Crippen molar-refractivity contribution in [1.29, 1.82) is 0 Å². The summed E-state index contributed by atoms with van der Waals surface area (Å²) in [6.07, 6.45) is 0.584. The van der Waals surface area contributed by atoms with E-state index in [2.05, 4.69) is 48.3 Å². The first-order valence-electron chi connectivity index (χ1n) is 7.60. The van der Waals surface area contributed by atoms with E-state index in [4.69, 9.17) is 9.72 Å². The van der Waals surface area contributed by atoms with Gasteiger partial charge in [0.25, 0.3) is 0 Å². The number of fused-ring (bicyclic) bond motifs is 1. The van der Waals surface area contributed by atoms with Crippen molar-refractivity contribution in [2.45, 2.75) is 32.6 Å². The van der Waals surface area contributed by atoms with Gasteiger partial charge in [-0.3, -0.25) is 4.90 Å². The smallest absolute Gasteiger partial charge is 0.130 e. The van der Waals surface area contributed by atoms with Gasteiger partial charge in [0.15, 0.2) is 0 Å². The third-order valence-electron chi connectivity index (χ3n) is 3.93. The number of nitrogens with zero attached hydrogens (tertiary/aromatic N) is 2. The molecular formula is C17H23N3O. The van der Waals surface area contributed by atoms with Crippen LogP contribution >= 0.6 is 0 Å². The lowest BCUT2D eigenvalue weighted by molar-refractivity contribution is -0.0704. The van der Waals surface area contributed by atoms with Gasteiger partial charge in [-0.25, -0.2) is 4.98 Å². The van der Waals surface area contributed by atoms with Crippen LogP contribution in [0.25, 0.3) is 10.9 Å². The van der Waals surface area contributed by atoms with Crippen molar-refractivity contribution >= 4 is 16.7 Å². The molecule has 2 heterocycles. The topological polar surface area (TPSA) is 37.4 Å². The Balaban J connectivity index is 1.88. The lowest BCUT2D eigenvalue weighted by Crippen LogP contribution is -2.44. The second kappa shape index (κ2) is 6.00. The molecule has 4 nitrogen and oxygen atoms in total. The fraction of sp³-hybridized carbons (Fsp3) is 0.471. The largest absolute Gasteiger partial charge is 0.373 e. The fourth-order valence-corrected chi connectivity index (χ4v) is 3.15. The Hall–Kier alpha value is -1.65. The molecule has 21 heavy (non-hydrogen) atoms. The molecule has 3 rings (SSSR count). The molecule has 1 fully saturated rings. The quantitative estimate of drug-likeness (QED) is 0.941. The van der Waals surface area contributed by atoms with Crippen molar-refractivity contribution in [2.24, 2.45) is 0 Å². The summed E-state index contributed by atoms with van der Waals surface area (Å²) in [6, 6.07) is 10.5. The first kappa shape index (κ1) is 14.3. The number of benzene rings is 1. The van der Waals surface area contributed by atoms with Crippen LogP contribution in [0.4, 0.5) is 5.82 Å². The lowest BCUT2D eigenvalue weighted by atomic mass is 10.1. The van der Waals surface area contributed by atoms with E-state index in [9.17, 15) is 0 Å². The first-order valence-corrected chi connectivity index (χ1v) is 7.60. The summed E-state index contributed by atoms with van der Waals surface area (Å²) in [5.74, 6) is 0.973. The number of anilines is 1. The molecule has 2 atom stereocenters. The maximum absolute atomic E-state index is 5.81. The monoisotopic (exact) mass is 285 g/mol. The molecule has 2 unspecified atom stereocenters. The number of ether oxygens (including phenoxy) is 1. The molecule has 0 radical (unpaired) electrons. The zero-order valence-corrected chi connectivity index (χ0v) is 13.0. The van der Waals surface area contributed by atoms with E-state index in [-0.39, 0.29) is 0 Å². The Kier molecular flexibility index (Phi) is 4.08. The number of hydrogen-bond acceptors (Lipinski definition) is 4.